The summed E-state index contributed by atoms with van der Waals surface area (Å²) < 4.78 is 10.7. The Kier molecular flexibility index (Phi) is 2.69. The number of ether oxygens (including phenoxy) is 2. The van der Waals surface area contributed by atoms with Gasteiger partial charge in [0, 0.05) is 6.42 Å². The molecule has 0 aromatic carbocycles. The van der Waals surface area contributed by atoms with Gasteiger partial charge in [-0.25, -0.2) is 0 Å². The average Bonchev–Trinajstić information content (AvgIpc) is 2.13. The SMILES string of the molecule is CC(C)[CH]C1OCC(C)O1. The molecule has 2 nitrogen and oxygen atoms in total. The number of hydrogen-bond donors (Lipinski definition) is 0. The molecule has 1 fully saturated rings. The molecule has 1 saturated heterocycles. The molecule has 0 N–H and O–H groups in total. The van der Waals surface area contributed by atoms with Crippen molar-refractivity contribution in [2.75, 3.05) is 6.61 Å². The Labute approximate surface area is 62.5 Å². The first-order valence-corrected chi connectivity index (χ1v) is 3.80. The Bertz CT molecular complexity index is 101. The van der Waals surface area contributed by atoms with E-state index in [0.29, 0.717) is 5.92 Å². The van der Waals surface area contributed by atoms with Crippen LogP contribution in [0, 0.1) is 12.3 Å². The fraction of sp³-hybridized carbons (Fsp3) is 0.875. The van der Waals surface area contributed by atoms with E-state index in [1.165, 1.54) is 0 Å². The van der Waals surface area contributed by atoms with Gasteiger partial charge in [0.2, 0.25) is 0 Å². The van der Waals surface area contributed by atoms with Crippen LogP contribution in [0.3, 0.4) is 0 Å². The Morgan fingerprint density at radius 3 is 2.60 bits per heavy atom. The topological polar surface area (TPSA) is 18.5 Å². The first-order chi connectivity index (χ1) is 4.68. The lowest BCUT2D eigenvalue weighted by Gasteiger charge is -2.10. The van der Waals surface area contributed by atoms with Crippen molar-refractivity contribution in [1.29, 1.82) is 0 Å². The maximum absolute atomic E-state index is 5.39. The van der Waals surface area contributed by atoms with Crippen LogP contribution in [0.25, 0.3) is 0 Å². The van der Waals surface area contributed by atoms with Crippen molar-refractivity contribution in [3.05, 3.63) is 6.42 Å². The van der Waals surface area contributed by atoms with Gasteiger partial charge < -0.3 is 9.47 Å². The Morgan fingerprint density at radius 1 is 1.50 bits per heavy atom. The monoisotopic (exact) mass is 143 g/mol. The van der Waals surface area contributed by atoms with Gasteiger partial charge in [-0.2, -0.15) is 0 Å². The van der Waals surface area contributed by atoms with Gasteiger partial charge in [0.15, 0.2) is 6.29 Å². The zero-order chi connectivity index (χ0) is 7.56. The summed E-state index contributed by atoms with van der Waals surface area (Å²) in [6.45, 7) is 6.99. The third-order valence-electron chi connectivity index (χ3n) is 1.40. The lowest BCUT2D eigenvalue weighted by atomic mass is 10.1. The molecular weight excluding hydrogens is 128 g/mol. The van der Waals surface area contributed by atoms with Crippen molar-refractivity contribution in [3.63, 3.8) is 0 Å². The van der Waals surface area contributed by atoms with Crippen molar-refractivity contribution < 1.29 is 9.47 Å². The molecule has 2 atom stereocenters. The molecule has 1 radical (unpaired) electrons. The van der Waals surface area contributed by atoms with Crippen LogP contribution in [-0.2, 0) is 9.47 Å². The quantitative estimate of drug-likeness (QED) is 0.584. The smallest absolute Gasteiger partial charge is 0.161 e. The molecule has 0 saturated carbocycles. The Balaban J connectivity index is 2.18. The van der Waals surface area contributed by atoms with E-state index < -0.39 is 0 Å². The minimum atomic E-state index is -0.0602. The van der Waals surface area contributed by atoms with Gasteiger partial charge in [-0.3, -0.25) is 0 Å². The van der Waals surface area contributed by atoms with Crippen molar-refractivity contribution in [2.45, 2.75) is 33.2 Å². The zero-order valence-electron chi connectivity index (χ0n) is 6.83. The highest BCUT2D eigenvalue weighted by atomic mass is 16.7. The van der Waals surface area contributed by atoms with E-state index in [1.54, 1.807) is 0 Å². The predicted molar refractivity (Wildman–Crippen MR) is 39.4 cm³/mol. The summed E-state index contributed by atoms with van der Waals surface area (Å²) in [5.41, 5.74) is 0. The Hall–Kier alpha value is -0.0800. The lowest BCUT2D eigenvalue weighted by molar-refractivity contribution is -0.0340. The molecule has 2 unspecified atom stereocenters. The summed E-state index contributed by atoms with van der Waals surface area (Å²) >= 11 is 0. The molecule has 59 valence electrons. The molecule has 0 aliphatic carbocycles. The fourth-order valence-electron chi connectivity index (χ4n) is 0.953. The van der Waals surface area contributed by atoms with Crippen LogP contribution in [0.15, 0.2) is 0 Å². The first-order valence-electron chi connectivity index (χ1n) is 3.80. The van der Waals surface area contributed by atoms with Crippen LogP contribution in [0.5, 0.6) is 0 Å². The fourth-order valence-corrected chi connectivity index (χ4v) is 0.953. The van der Waals surface area contributed by atoms with Gasteiger partial charge in [-0.05, 0) is 12.8 Å². The van der Waals surface area contributed by atoms with E-state index in [1.807, 2.05) is 6.92 Å². The van der Waals surface area contributed by atoms with E-state index in [-0.39, 0.29) is 12.4 Å². The van der Waals surface area contributed by atoms with Crippen LogP contribution in [0.1, 0.15) is 20.8 Å². The molecule has 0 aromatic rings. The number of hydrogen-bond acceptors (Lipinski definition) is 2. The third kappa shape index (κ3) is 2.27. The highest BCUT2D eigenvalue weighted by molar-refractivity contribution is 4.77. The summed E-state index contributed by atoms with van der Waals surface area (Å²) in [5.74, 6) is 0.537. The summed E-state index contributed by atoms with van der Waals surface area (Å²) in [6, 6.07) is 0. The molecule has 0 bridgehead atoms. The first kappa shape index (κ1) is 8.02. The molecule has 10 heavy (non-hydrogen) atoms. The summed E-state index contributed by atoms with van der Waals surface area (Å²) in [5, 5.41) is 0. The van der Waals surface area contributed by atoms with Gasteiger partial charge >= 0.3 is 0 Å². The molecular formula is C8H15O2. The summed E-state index contributed by atoms with van der Waals surface area (Å²) in [4.78, 5) is 0. The highest BCUT2D eigenvalue weighted by Gasteiger charge is 2.22. The maximum Gasteiger partial charge on any atom is 0.161 e. The van der Waals surface area contributed by atoms with Gasteiger partial charge in [0.1, 0.15) is 0 Å². The second-order valence-corrected chi connectivity index (χ2v) is 3.08. The van der Waals surface area contributed by atoms with Crippen molar-refractivity contribution in [1.82, 2.24) is 0 Å². The van der Waals surface area contributed by atoms with Crippen LogP contribution >= 0.6 is 0 Å². The van der Waals surface area contributed by atoms with Crippen LogP contribution in [0.2, 0.25) is 0 Å². The zero-order valence-corrected chi connectivity index (χ0v) is 6.83. The molecule has 1 aliphatic rings. The normalized spacial score (nSPS) is 33.6. The van der Waals surface area contributed by atoms with Crippen molar-refractivity contribution >= 4 is 0 Å². The maximum atomic E-state index is 5.39. The van der Waals surface area contributed by atoms with Crippen molar-refractivity contribution in [3.8, 4) is 0 Å². The van der Waals surface area contributed by atoms with Crippen LogP contribution < -0.4 is 0 Å². The molecule has 1 heterocycles. The van der Waals surface area contributed by atoms with Gasteiger partial charge in [-0.15, -0.1) is 0 Å². The van der Waals surface area contributed by atoms with Crippen LogP contribution in [0.4, 0.5) is 0 Å². The largest absolute Gasteiger partial charge is 0.350 e. The summed E-state index contributed by atoms with van der Waals surface area (Å²) in [7, 11) is 0. The van der Waals surface area contributed by atoms with Gasteiger partial charge in [-0.1, -0.05) is 13.8 Å². The molecule has 0 aromatic heterocycles. The second-order valence-electron chi connectivity index (χ2n) is 3.08. The molecule has 1 aliphatic heterocycles. The minimum Gasteiger partial charge on any atom is -0.350 e. The molecule has 0 spiro atoms. The molecule has 2 heteroatoms. The number of rotatable bonds is 2. The van der Waals surface area contributed by atoms with Crippen molar-refractivity contribution in [2.24, 2.45) is 5.92 Å². The minimum absolute atomic E-state index is 0.0602. The van der Waals surface area contributed by atoms with E-state index in [2.05, 4.69) is 20.3 Å². The Morgan fingerprint density at radius 2 is 2.20 bits per heavy atom. The van der Waals surface area contributed by atoms with Gasteiger partial charge in [0.25, 0.3) is 0 Å². The van der Waals surface area contributed by atoms with Crippen LogP contribution in [-0.4, -0.2) is 19.0 Å². The van der Waals surface area contributed by atoms with E-state index >= 15 is 0 Å². The molecule has 0 amide bonds. The standard InChI is InChI=1S/C8H15O2/c1-6(2)4-8-9-5-7(3)10-8/h4,6-8H,5H2,1-3H3. The average molecular weight is 143 g/mol. The lowest BCUT2D eigenvalue weighted by Crippen LogP contribution is -2.13. The third-order valence-corrected chi connectivity index (χ3v) is 1.40. The summed E-state index contributed by atoms with van der Waals surface area (Å²) in [6.07, 6.45) is 2.28. The highest BCUT2D eigenvalue weighted by Crippen LogP contribution is 2.16. The van der Waals surface area contributed by atoms with E-state index in [4.69, 9.17) is 9.47 Å². The van der Waals surface area contributed by atoms with E-state index in [9.17, 15) is 0 Å². The van der Waals surface area contributed by atoms with E-state index in [0.717, 1.165) is 6.61 Å². The second kappa shape index (κ2) is 3.35. The predicted octanol–water partition coefficient (Wildman–Crippen LogP) is 1.61. The van der Waals surface area contributed by atoms with Gasteiger partial charge in [0.05, 0.1) is 12.7 Å². The molecule has 1 rings (SSSR count).